The molecule has 1 amide bonds. The van der Waals surface area contributed by atoms with Gasteiger partial charge >= 0.3 is 18.2 Å². The Labute approximate surface area is 124 Å². The van der Waals surface area contributed by atoms with Gasteiger partial charge in [-0.05, 0) is 5.56 Å². The van der Waals surface area contributed by atoms with Crippen LogP contribution in [-0.2, 0) is 15.1 Å². The van der Waals surface area contributed by atoms with Crippen molar-refractivity contribution in [1.29, 1.82) is 0 Å². The highest BCUT2D eigenvalue weighted by atomic mass is 19.4. The first-order chi connectivity index (χ1) is 10.2. The van der Waals surface area contributed by atoms with Gasteiger partial charge in [0.2, 0.25) is 0 Å². The van der Waals surface area contributed by atoms with E-state index in [1.165, 1.54) is 24.3 Å². The Morgan fingerprint density at radius 1 is 1.27 bits per heavy atom. The van der Waals surface area contributed by atoms with E-state index in [9.17, 15) is 22.8 Å². The van der Waals surface area contributed by atoms with Crippen LogP contribution in [0.4, 0.5) is 18.0 Å². The Morgan fingerprint density at radius 3 is 2.32 bits per heavy atom. The molecule has 0 fully saturated rings. The molecular formula is C14H14F3NO4. The Balaban J connectivity index is 3.30. The molecule has 1 aromatic carbocycles. The maximum Gasteiger partial charge on any atom is 0.416 e. The summed E-state index contributed by atoms with van der Waals surface area (Å²) in [7, 11) is 0. The minimum absolute atomic E-state index is 0.304. The summed E-state index contributed by atoms with van der Waals surface area (Å²) in [5, 5.41) is 10.5. The highest BCUT2D eigenvalue weighted by Gasteiger charge is 2.58. The van der Waals surface area contributed by atoms with Crippen molar-refractivity contribution in [2.24, 2.45) is 0 Å². The number of aliphatic carboxylic acids is 1. The van der Waals surface area contributed by atoms with Crippen LogP contribution in [0.2, 0.25) is 0 Å². The number of nitrogens with one attached hydrogen (secondary N) is 1. The first-order valence-electron chi connectivity index (χ1n) is 6.13. The maximum atomic E-state index is 13.6. The van der Waals surface area contributed by atoms with E-state index in [2.05, 4.69) is 11.3 Å². The number of carbonyl (C=O) groups is 2. The number of benzene rings is 1. The van der Waals surface area contributed by atoms with Crippen LogP contribution in [0.5, 0.6) is 0 Å². The number of halogens is 3. The molecule has 0 saturated heterocycles. The molecule has 0 aromatic heterocycles. The number of carboxylic acids is 1. The third-order valence-corrected chi connectivity index (χ3v) is 2.81. The number of hydrogen-bond acceptors (Lipinski definition) is 3. The van der Waals surface area contributed by atoms with Crippen molar-refractivity contribution in [2.75, 3.05) is 6.61 Å². The summed E-state index contributed by atoms with van der Waals surface area (Å²) in [5.41, 5.74) is -3.49. The van der Waals surface area contributed by atoms with E-state index < -0.39 is 35.8 Å². The molecule has 0 heterocycles. The van der Waals surface area contributed by atoms with Crippen LogP contribution >= 0.6 is 0 Å². The normalized spacial score (nSPS) is 13.8. The summed E-state index contributed by atoms with van der Waals surface area (Å²) in [6.07, 6.45) is -6.62. The number of hydrogen-bond donors (Lipinski definition) is 2. The van der Waals surface area contributed by atoms with E-state index in [4.69, 9.17) is 5.11 Å². The lowest BCUT2D eigenvalue weighted by Gasteiger charge is -2.35. The molecule has 8 heteroatoms. The van der Waals surface area contributed by atoms with Crippen LogP contribution in [0.1, 0.15) is 12.0 Å². The van der Waals surface area contributed by atoms with Gasteiger partial charge in [0.05, 0.1) is 6.42 Å². The fourth-order valence-corrected chi connectivity index (χ4v) is 1.85. The SMILES string of the molecule is C=CCOC(=O)NC(CC(=O)O)(c1ccccc1)C(F)(F)F. The molecule has 0 bridgehead atoms. The molecule has 22 heavy (non-hydrogen) atoms. The van der Waals surface area contributed by atoms with Gasteiger partial charge in [0.25, 0.3) is 0 Å². The van der Waals surface area contributed by atoms with Crippen molar-refractivity contribution in [1.82, 2.24) is 5.32 Å². The zero-order valence-corrected chi connectivity index (χ0v) is 11.4. The molecule has 120 valence electrons. The molecule has 1 aromatic rings. The van der Waals surface area contributed by atoms with Crippen LogP contribution < -0.4 is 5.32 Å². The molecule has 0 spiro atoms. The summed E-state index contributed by atoms with van der Waals surface area (Å²) in [4.78, 5) is 22.5. The molecule has 1 unspecified atom stereocenters. The van der Waals surface area contributed by atoms with Crippen molar-refractivity contribution in [3.8, 4) is 0 Å². The zero-order chi connectivity index (χ0) is 16.8. The average Bonchev–Trinajstić information content (AvgIpc) is 2.43. The molecule has 0 aliphatic rings. The van der Waals surface area contributed by atoms with Crippen LogP contribution in [0.3, 0.4) is 0 Å². The smallest absolute Gasteiger partial charge is 0.416 e. The van der Waals surface area contributed by atoms with E-state index >= 15 is 0 Å². The lowest BCUT2D eigenvalue weighted by molar-refractivity contribution is -0.204. The van der Waals surface area contributed by atoms with Gasteiger partial charge in [-0.2, -0.15) is 13.2 Å². The standard InChI is InChI=1S/C14H14F3NO4/c1-2-8-22-12(21)18-13(9-11(19)20,14(15,16)17)10-6-4-3-5-7-10/h2-7H,1,8-9H2,(H,18,21)(H,19,20). The number of rotatable bonds is 6. The van der Waals surface area contributed by atoms with Gasteiger partial charge in [0, 0.05) is 0 Å². The topological polar surface area (TPSA) is 75.6 Å². The van der Waals surface area contributed by atoms with E-state index in [-0.39, 0.29) is 6.61 Å². The zero-order valence-electron chi connectivity index (χ0n) is 11.4. The average molecular weight is 317 g/mol. The summed E-state index contributed by atoms with van der Waals surface area (Å²) in [6.45, 7) is 2.96. The molecule has 0 aliphatic carbocycles. The fraction of sp³-hybridized carbons (Fsp3) is 0.286. The Morgan fingerprint density at radius 2 is 1.86 bits per heavy atom. The van der Waals surface area contributed by atoms with Crippen LogP contribution in [0.15, 0.2) is 43.0 Å². The number of alkyl carbamates (subject to hydrolysis) is 1. The van der Waals surface area contributed by atoms with Crippen molar-refractivity contribution < 1.29 is 32.6 Å². The van der Waals surface area contributed by atoms with Crippen LogP contribution in [0.25, 0.3) is 0 Å². The molecule has 0 radical (unpaired) electrons. The van der Waals surface area contributed by atoms with Gasteiger partial charge in [-0.1, -0.05) is 43.0 Å². The second-order valence-corrected chi connectivity index (χ2v) is 4.35. The summed E-state index contributed by atoms with van der Waals surface area (Å²) < 4.78 is 45.1. The number of carboxylic acid groups (broad SMARTS) is 1. The Hall–Kier alpha value is -2.51. The van der Waals surface area contributed by atoms with Crippen molar-refractivity contribution in [3.63, 3.8) is 0 Å². The van der Waals surface area contributed by atoms with Crippen molar-refractivity contribution in [2.45, 2.75) is 18.1 Å². The summed E-state index contributed by atoms with van der Waals surface area (Å²) in [6, 6.07) is 6.28. The molecule has 1 rings (SSSR count). The van der Waals surface area contributed by atoms with Crippen LogP contribution in [-0.4, -0.2) is 30.0 Å². The van der Waals surface area contributed by atoms with Crippen LogP contribution in [0, 0.1) is 0 Å². The van der Waals surface area contributed by atoms with Crippen molar-refractivity contribution in [3.05, 3.63) is 48.6 Å². The van der Waals surface area contributed by atoms with Gasteiger partial charge in [0.15, 0.2) is 5.54 Å². The molecule has 5 nitrogen and oxygen atoms in total. The molecule has 2 N–H and O–H groups in total. The number of ether oxygens (including phenoxy) is 1. The quantitative estimate of drug-likeness (QED) is 0.791. The van der Waals surface area contributed by atoms with Gasteiger partial charge in [-0.15, -0.1) is 0 Å². The second-order valence-electron chi connectivity index (χ2n) is 4.35. The molecular weight excluding hydrogens is 303 g/mol. The second kappa shape index (κ2) is 6.97. The number of amides is 1. The summed E-state index contributed by atoms with van der Waals surface area (Å²) >= 11 is 0. The summed E-state index contributed by atoms with van der Waals surface area (Å²) in [5.74, 6) is -1.72. The molecule has 0 aliphatic heterocycles. The van der Waals surface area contributed by atoms with Gasteiger partial charge < -0.3 is 15.2 Å². The minimum Gasteiger partial charge on any atom is -0.481 e. The van der Waals surface area contributed by atoms with Crippen molar-refractivity contribution >= 4 is 12.1 Å². The largest absolute Gasteiger partial charge is 0.481 e. The van der Waals surface area contributed by atoms with Gasteiger partial charge in [0.1, 0.15) is 6.61 Å². The number of carbonyl (C=O) groups excluding carboxylic acids is 1. The monoisotopic (exact) mass is 317 g/mol. The first kappa shape index (κ1) is 17.5. The molecule has 1 atom stereocenters. The lowest BCUT2D eigenvalue weighted by Crippen LogP contribution is -2.57. The highest BCUT2D eigenvalue weighted by molar-refractivity contribution is 5.74. The Kier molecular flexibility index (Phi) is 5.56. The first-order valence-corrected chi connectivity index (χ1v) is 6.13. The third kappa shape index (κ3) is 4.00. The lowest BCUT2D eigenvalue weighted by atomic mass is 9.86. The fourth-order valence-electron chi connectivity index (χ4n) is 1.85. The third-order valence-electron chi connectivity index (χ3n) is 2.81. The highest BCUT2D eigenvalue weighted by Crippen LogP contribution is 2.41. The predicted molar refractivity (Wildman–Crippen MR) is 71.1 cm³/mol. The van der Waals surface area contributed by atoms with E-state index in [0.717, 1.165) is 12.1 Å². The number of alkyl halides is 3. The Bertz CT molecular complexity index is 545. The van der Waals surface area contributed by atoms with E-state index in [1.54, 1.807) is 5.32 Å². The maximum absolute atomic E-state index is 13.6. The minimum atomic E-state index is -5.04. The van der Waals surface area contributed by atoms with E-state index in [1.807, 2.05) is 0 Å². The van der Waals surface area contributed by atoms with Gasteiger partial charge in [-0.3, -0.25) is 4.79 Å². The predicted octanol–water partition coefficient (Wildman–Crippen LogP) is 2.83. The van der Waals surface area contributed by atoms with E-state index in [0.29, 0.717) is 0 Å². The van der Waals surface area contributed by atoms with Gasteiger partial charge in [-0.25, -0.2) is 4.79 Å². The molecule has 0 saturated carbocycles.